The zero-order chi connectivity index (χ0) is 24.7. The van der Waals surface area contributed by atoms with Gasteiger partial charge in [-0.05, 0) is 67.1 Å². The van der Waals surface area contributed by atoms with Crippen LogP contribution in [0.4, 0.5) is 11.4 Å². The highest BCUT2D eigenvalue weighted by Gasteiger charge is 2.17. The molecule has 1 amide bonds. The molecule has 0 saturated carbocycles. The lowest BCUT2D eigenvalue weighted by atomic mass is 10.2. The van der Waals surface area contributed by atoms with Gasteiger partial charge in [-0.1, -0.05) is 0 Å². The molecule has 0 radical (unpaired) electrons. The fraction of sp³-hybridized carbons (Fsp3) is 0.208. The van der Waals surface area contributed by atoms with E-state index in [1.165, 1.54) is 39.5 Å². The third-order valence-electron chi connectivity index (χ3n) is 4.84. The lowest BCUT2D eigenvalue weighted by Gasteiger charge is -2.14. The first kappa shape index (κ1) is 24.7. The molecule has 34 heavy (non-hydrogen) atoms. The van der Waals surface area contributed by atoms with Gasteiger partial charge >= 0.3 is 0 Å². The fourth-order valence-electron chi connectivity index (χ4n) is 3.07. The van der Waals surface area contributed by atoms with E-state index in [0.717, 1.165) is 0 Å². The molecule has 180 valence electrons. The monoisotopic (exact) mass is 486 g/mol. The lowest BCUT2D eigenvalue weighted by molar-refractivity contribution is -0.118. The van der Waals surface area contributed by atoms with Crippen LogP contribution in [0.3, 0.4) is 0 Å². The number of carbonyl (C=O) groups excluding carboxylic acids is 1. The Bertz CT molecular complexity index is 1260. The Labute approximate surface area is 198 Å². The Balaban J connectivity index is 1.65. The van der Waals surface area contributed by atoms with E-state index in [-0.39, 0.29) is 11.5 Å². The third-order valence-corrected chi connectivity index (χ3v) is 6.22. The molecule has 9 nitrogen and oxygen atoms in total. The highest BCUT2D eigenvalue weighted by Crippen LogP contribution is 2.29. The zero-order valence-corrected chi connectivity index (χ0v) is 20.1. The first-order chi connectivity index (χ1) is 16.2. The van der Waals surface area contributed by atoms with Crippen LogP contribution in [0.1, 0.15) is 5.56 Å². The molecule has 0 fully saturated rings. The Morgan fingerprint density at radius 1 is 0.824 bits per heavy atom. The molecule has 0 bridgehead atoms. The van der Waals surface area contributed by atoms with Gasteiger partial charge in [-0.2, -0.15) is 0 Å². The minimum Gasteiger partial charge on any atom is -0.497 e. The summed E-state index contributed by atoms with van der Waals surface area (Å²) in [7, 11) is 0.743. The molecule has 3 rings (SSSR count). The maximum Gasteiger partial charge on any atom is 0.262 e. The molecular weight excluding hydrogens is 460 g/mol. The smallest absolute Gasteiger partial charge is 0.262 e. The summed E-state index contributed by atoms with van der Waals surface area (Å²) in [5, 5.41) is 2.71. The summed E-state index contributed by atoms with van der Waals surface area (Å²) in [4.78, 5) is 12.5. The molecule has 0 unspecified atom stereocenters. The maximum absolute atomic E-state index is 12.7. The van der Waals surface area contributed by atoms with Crippen LogP contribution in [0.2, 0.25) is 0 Å². The van der Waals surface area contributed by atoms with Gasteiger partial charge < -0.3 is 24.3 Å². The molecule has 0 aliphatic carbocycles. The van der Waals surface area contributed by atoms with Crippen molar-refractivity contribution in [2.24, 2.45) is 0 Å². The van der Waals surface area contributed by atoms with Crippen molar-refractivity contribution in [3.63, 3.8) is 0 Å². The van der Waals surface area contributed by atoms with E-state index in [1.54, 1.807) is 49.4 Å². The standard InChI is InChI=1S/C24H26N2O7S/c1-16-13-20(34(28,29)26-17-5-7-18(30-2)8-6-17)10-12-22(16)33-15-24(27)25-21-14-19(31-3)9-11-23(21)32-4/h5-14,26H,15H2,1-4H3,(H,25,27). The summed E-state index contributed by atoms with van der Waals surface area (Å²) in [6.07, 6.45) is 0. The molecule has 0 saturated heterocycles. The van der Waals surface area contributed by atoms with E-state index in [1.807, 2.05) is 0 Å². The number of anilines is 2. The Morgan fingerprint density at radius 2 is 1.47 bits per heavy atom. The number of methoxy groups -OCH3 is 3. The summed E-state index contributed by atoms with van der Waals surface area (Å²) >= 11 is 0. The van der Waals surface area contributed by atoms with Crippen LogP contribution >= 0.6 is 0 Å². The number of sulfonamides is 1. The first-order valence-corrected chi connectivity index (χ1v) is 11.7. The van der Waals surface area contributed by atoms with Gasteiger partial charge in [0.2, 0.25) is 0 Å². The summed E-state index contributed by atoms with van der Waals surface area (Å²) in [6.45, 7) is 1.42. The van der Waals surface area contributed by atoms with Crippen molar-refractivity contribution < 1.29 is 32.2 Å². The quantitative estimate of drug-likeness (QED) is 0.448. The molecule has 0 aliphatic rings. The number of benzene rings is 3. The van der Waals surface area contributed by atoms with Crippen molar-refractivity contribution in [1.29, 1.82) is 0 Å². The van der Waals surface area contributed by atoms with E-state index in [2.05, 4.69) is 10.0 Å². The normalized spacial score (nSPS) is 10.8. The number of carbonyl (C=O) groups is 1. The number of rotatable bonds is 10. The molecular formula is C24H26N2O7S. The molecule has 0 heterocycles. The summed E-state index contributed by atoms with van der Waals surface area (Å²) in [5.74, 6) is 1.63. The number of hydrogen-bond donors (Lipinski definition) is 2. The predicted molar refractivity (Wildman–Crippen MR) is 129 cm³/mol. The average Bonchev–Trinajstić information content (AvgIpc) is 2.83. The van der Waals surface area contributed by atoms with Gasteiger partial charge in [0, 0.05) is 11.8 Å². The molecule has 3 aromatic carbocycles. The van der Waals surface area contributed by atoms with Crippen molar-refractivity contribution in [3.8, 4) is 23.0 Å². The van der Waals surface area contributed by atoms with E-state index in [0.29, 0.717) is 39.9 Å². The molecule has 10 heteroatoms. The molecule has 3 aromatic rings. The van der Waals surface area contributed by atoms with Crippen molar-refractivity contribution in [2.75, 3.05) is 38.0 Å². The van der Waals surface area contributed by atoms with Crippen LogP contribution < -0.4 is 29.0 Å². The Hall–Kier alpha value is -3.92. The molecule has 0 spiro atoms. The lowest BCUT2D eigenvalue weighted by Crippen LogP contribution is -2.21. The van der Waals surface area contributed by atoms with Crippen molar-refractivity contribution in [3.05, 3.63) is 66.2 Å². The van der Waals surface area contributed by atoms with E-state index in [9.17, 15) is 13.2 Å². The van der Waals surface area contributed by atoms with Crippen LogP contribution in [-0.4, -0.2) is 42.3 Å². The van der Waals surface area contributed by atoms with E-state index >= 15 is 0 Å². The van der Waals surface area contributed by atoms with Crippen LogP contribution in [0, 0.1) is 6.92 Å². The van der Waals surface area contributed by atoms with Gasteiger partial charge in [-0.25, -0.2) is 8.42 Å². The van der Waals surface area contributed by atoms with Crippen molar-refractivity contribution in [1.82, 2.24) is 0 Å². The number of amides is 1. The molecule has 0 atom stereocenters. The predicted octanol–water partition coefficient (Wildman–Crippen LogP) is 3.84. The van der Waals surface area contributed by atoms with Gasteiger partial charge in [0.15, 0.2) is 6.61 Å². The number of ether oxygens (including phenoxy) is 4. The Kier molecular flexibility index (Phi) is 7.85. The number of hydrogen-bond acceptors (Lipinski definition) is 7. The molecule has 2 N–H and O–H groups in total. The average molecular weight is 487 g/mol. The second-order valence-electron chi connectivity index (χ2n) is 7.16. The topological polar surface area (TPSA) is 112 Å². The van der Waals surface area contributed by atoms with E-state index in [4.69, 9.17) is 18.9 Å². The number of aryl methyl sites for hydroxylation is 1. The van der Waals surface area contributed by atoms with Crippen molar-refractivity contribution in [2.45, 2.75) is 11.8 Å². The Morgan fingerprint density at radius 3 is 2.09 bits per heavy atom. The minimum absolute atomic E-state index is 0.0683. The van der Waals surface area contributed by atoms with Gasteiger partial charge in [0.05, 0.1) is 31.9 Å². The number of nitrogens with one attached hydrogen (secondary N) is 2. The fourth-order valence-corrected chi connectivity index (χ4v) is 4.21. The van der Waals surface area contributed by atoms with Crippen LogP contribution in [0.25, 0.3) is 0 Å². The zero-order valence-electron chi connectivity index (χ0n) is 19.2. The van der Waals surface area contributed by atoms with Crippen LogP contribution in [-0.2, 0) is 14.8 Å². The van der Waals surface area contributed by atoms with Crippen molar-refractivity contribution >= 4 is 27.3 Å². The summed E-state index contributed by atoms with van der Waals surface area (Å²) in [5.41, 5.74) is 1.41. The van der Waals surface area contributed by atoms with Crippen LogP contribution in [0.5, 0.6) is 23.0 Å². The second-order valence-corrected chi connectivity index (χ2v) is 8.85. The van der Waals surface area contributed by atoms with Gasteiger partial charge in [-0.15, -0.1) is 0 Å². The highest BCUT2D eigenvalue weighted by atomic mass is 32.2. The largest absolute Gasteiger partial charge is 0.497 e. The summed E-state index contributed by atoms with van der Waals surface area (Å²) < 4.78 is 49.1. The van der Waals surface area contributed by atoms with Gasteiger partial charge in [0.25, 0.3) is 15.9 Å². The minimum atomic E-state index is -3.81. The SMILES string of the molecule is COc1ccc(NS(=O)(=O)c2ccc(OCC(=O)Nc3cc(OC)ccc3OC)c(C)c2)cc1. The highest BCUT2D eigenvalue weighted by molar-refractivity contribution is 7.92. The first-order valence-electron chi connectivity index (χ1n) is 10.2. The van der Waals surface area contributed by atoms with Gasteiger partial charge in [0.1, 0.15) is 23.0 Å². The maximum atomic E-state index is 12.7. The van der Waals surface area contributed by atoms with E-state index < -0.39 is 15.9 Å². The molecule has 0 aromatic heterocycles. The third kappa shape index (κ3) is 6.10. The van der Waals surface area contributed by atoms with Gasteiger partial charge in [-0.3, -0.25) is 9.52 Å². The summed E-state index contributed by atoms with van der Waals surface area (Å²) in [6, 6.07) is 16.0. The molecule has 0 aliphatic heterocycles. The second kappa shape index (κ2) is 10.8. The van der Waals surface area contributed by atoms with Crippen LogP contribution in [0.15, 0.2) is 65.6 Å².